The Labute approximate surface area is 140 Å². The summed E-state index contributed by atoms with van der Waals surface area (Å²) in [6, 6.07) is 6.59. The molecule has 1 aromatic heterocycles. The van der Waals surface area contributed by atoms with Gasteiger partial charge in [-0.1, -0.05) is 6.07 Å². The fourth-order valence-electron chi connectivity index (χ4n) is 2.92. The number of hydrogen-bond donors (Lipinski definition) is 0. The van der Waals surface area contributed by atoms with Crippen LogP contribution >= 0.6 is 0 Å². The second kappa shape index (κ2) is 6.94. The summed E-state index contributed by atoms with van der Waals surface area (Å²) in [7, 11) is -3.29. The Balaban J connectivity index is 1.48. The smallest absolute Gasteiger partial charge is 0.178 e. The Morgan fingerprint density at radius 3 is 2.50 bits per heavy atom. The van der Waals surface area contributed by atoms with E-state index in [0.29, 0.717) is 36.5 Å². The van der Waals surface area contributed by atoms with E-state index in [9.17, 15) is 17.2 Å². The van der Waals surface area contributed by atoms with Crippen molar-refractivity contribution in [3.8, 4) is 0 Å². The van der Waals surface area contributed by atoms with Crippen LogP contribution in [0.4, 0.5) is 8.78 Å². The SMILES string of the molecule is O=S(=O)(CC1CN(CCc2ccc(F)cc2F)C1)c1ccncc1. The summed E-state index contributed by atoms with van der Waals surface area (Å²) in [5.41, 5.74) is 0.476. The highest BCUT2D eigenvalue weighted by molar-refractivity contribution is 7.91. The van der Waals surface area contributed by atoms with Crippen molar-refractivity contribution in [1.82, 2.24) is 9.88 Å². The lowest BCUT2D eigenvalue weighted by Crippen LogP contribution is -2.50. The number of nitrogens with zero attached hydrogens (tertiary/aromatic N) is 2. The molecule has 0 unspecified atom stereocenters. The van der Waals surface area contributed by atoms with E-state index in [4.69, 9.17) is 0 Å². The monoisotopic (exact) mass is 352 g/mol. The van der Waals surface area contributed by atoms with Gasteiger partial charge in [-0.3, -0.25) is 4.98 Å². The first-order valence-corrected chi connectivity index (χ1v) is 9.38. The third-order valence-electron chi connectivity index (χ3n) is 4.21. The standard InChI is InChI=1S/C17H18F2N2O2S/c18-15-2-1-14(17(19)9-15)5-8-21-10-13(11-21)12-24(22,23)16-3-6-20-7-4-16/h1-4,6-7,9,13H,5,8,10-12H2. The number of benzene rings is 1. The zero-order chi connectivity index (χ0) is 17.2. The summed E-state index contributed by atoms with van der Waals surface area (Å²) in [6.45, 7) is 1.98. The van der Waals surface area contributed by atoms with E-state index >= 15 is 0 Å². The van der Waals surface area contributed by atoms with Gasteiger partial charge in [0, 0.05) is 38.1 Å². The minimum absolute atomic E-state index is 0.0845. The zero-order valence-electron chi connectivity index (χ0n) is 13.0. The maximum Gasteiger partial charge on any atom is 0.178 e. The molecule has 1 aliphatic rings. The lowest BCUT2D eigenvalue weighted by molar-refractivity contribution is 0.116. The van der Waals surface area contributed by atoms with Gasteiger partial charge < -0.3 is 4.90 Å². The molecular weight excluding hydrogens is 334 g/mol. The first-order chi connectivity index (χ1) is 11.4. The van der Waals surface area contributed by atoms with Crippen LogP contribution in [0.1, 0.15) is 5.56 Å². The van der Waals surface area contributed by atoms with Crippen LogP contribution < -0.4 is 0 Å². The topological polar surface area (TPSA) is 50.3 Å². The first-order valence-electron chi connectivity index (χ1n) is 7.73. The van der Waals surface area contributed by atoms with Gasteiger partial charge in [0.25, 0.3) is 0 Å². The van der Waals surface area contributed by atoms with Crippen molar-refractivity contribution in [3.05, 3.63) is 59.9 Å². The number of likely N-dealkylation sites (tertiary alicyclic amines) is 1. The molecule has 0 spiro atoms. The van der Waals surface area contributed by atoms with E-state index in [-0.39, 0.29) is 11.7 Å². The molecule has 0 N–H and O–H groups in total. The third-order valence-corrected chi connectivity index (χ3v) is 6.11. The Morgan fingerprint density at radius 2 is 1.83 bits per heavy atom. The van der Waals surface area contributed by atoms with Crippen LogP contribution in [0, 0.1) is 17.6 Å². The van der Waals surface area contributed by atoms with Gasteiger partial charge in [0.15, 0.2) is 9.84 Å². The molecule has 7 heteroatoms. The van der Waals surface area contributed by atoms with E-state index in [1.165, 1.54) is 36.7 Å². The summed E-state index contributed by atoms with van der Waals surface area (Å²) in [5, 5.41) is 0. The molecule has 3 rings (SSSR count). The quantitative estimate of drug-likeness (QED) is 0.801. The molecule has 1 aromatic carbocycles. The molecule has 0 aliphatic carbocycles. The van der Waals surface area contributed by atoms with Crippen LogP contribution in [-0.4, -0.2) is 43.7 Å². The Hall–Kier alpha value is -1.86. The molecule has 1 saturated heterocycles. The number of halogens is 2. The van der Waals surface area contributed by atoms with Gasteiger partial charge in [-0.25, -0.2) is 17.2 Å². The van der Waals surface area contributed by atoms with Crippen molar-refractivity contribution in [2.75, 3.05) is 25.4 Å². The lowest BCUT2D eigenvalue weighted by atomic mass is 10.0. The second-order valence-electron chi connectivity index (χ2n) is 6.08. The second-order valence-corrected chi connectivity index (χ2v) is 8.11. The van der Waals surface area contributed by atoms with Crippen molar-refractivity contribution in [2.24, 2.45) is 5.92 Å². The van der Waals surface area contributed by atoms with Crippen molar-refractivity contribution in [2.45, 2.75) is 11.3 Å². The molecular formula is C17H18F2N2O2S. The fourth-order valence-corrected chi connectivity index (χ4v) is 4.48. The molecule has 0 radical (unpaired) electrons. The highest BCUT2D eigenvalue weighted by Crippen LogP contribution is 2.22. The molecule has 0 saturated carbocycles. The number of pyridine rings is 1. The molecule has 0 amide bonds. The summed E-state index contributed by atoms with van der Waals surface area (Å²) in [6.07, 6.45) is 3.42. The highest BCUT2D eigenvalue weighted by atomic mass is 32.2. The minimum atomic E-state index is -3.29. The zero-order valence-corrected chi connectivity index (χ0v) is 13.8. The summed E-state index contributed by atoms with van der Waals surface area (Å²) < 4.78 is 51.0. The fraction of sp³-hybridized carbons (Fsp3) is 0.353. The maximum absolute atomic E-state index is 13.6. The first kappa shape index (κ1) is 17.0. The largest absolute Gasteiger partial charge is 0.302 e. The van der Waals surface area contributed by atoms with Crippen LogP contribution in [0.3, 0.4) is 0 Å². The van der Waals surface area contributed by atoms with Gasteiger partial charge in [-0.15, -0.1) is 0 Å². The van der Waals surface area contributed by atoms with Gasteiger partial charge in [0.05, 0.1) is 10.6 Å². The van der Waals surface area contributed by atoms with Crippen LogP contribution in [0.15, 0.2) is 47.6 Å². The van der Waals surface area contributed by atoms with E-state index in [2.05, 4.69) is 9.88 Å². The number of sulfone groups is 1. The van der Waals surface area contributed by atoms with Gasteiger partial charge in [-0.05, 0) is 36.1 Å². The number of aromatic nitrogens is 1. The van der Waals surface area contributed by atoms with E-state index in [0.717, 1.165) is 6.07 Å². The molecule has 2 aromatic rings. The molecule has 0 bridgehead atoms. The van der Waals surface area contributed by atoms with Crippen LogP contribution in [0.25, 0.3) is 0 Å². The molecule has 128 valence electrons. The molecule has 1 aliphatic heterocycles. The summed E-state index contributed by atoms with van der Waals surface area (Å²) in [4.78, 5) is 6.20. The normalized spacial score (nSPS) is 16.1. The van der Waals surface area contributed by atoms with Crippen molar-refractivity contribution >= 4 is 9.84 Å². The van der Waals surface area contributed by atoms with Crippen molar-refractivity contribution < 1.29 is 17.2 Å². The Morgan fingerprint density at radius 1 is 1.12 bits per heavy atom. The highest BCUT2D eigenvalue weighted by Gasteiger charge is 2.31. The van der Waals surface area contributed by atoms with Gasteiger partial charge in [0.1, 0.15) is 11.6 Å². The summed E-state index contributed by atoms with van der Waals surface area (Å²) in [5.74, 6) is -0.923. The van der Waals surface area contributed by atoms with Gasteiger partial charge in [-0.2, -0.15) is 0 Å². The molecule has 4 nitrogen and oxygen atoms in total. The van der Waals surface area contributed by atoms with Crippen molar-refractivity contribution in [1.29, 1.82) is 0 Å². The predicted molar refractivity (Wildman–Crippen MR) is 86.3 cm³/mol. The van der Waals surface area contributed by atoms with E-state index in [1.807, 2.05) is 0 Å². The Kier molecular flexibility index (Phi) is 4.91. The maximum atomic E-state index is 13.6. The Bertz CT molecular complexity index is 807. The average molecular weight is 352 g/mol. The third kappa shape index (κ3) is 3.96. The van der Waals surface area contributed by atoms with Crippen LogP contribution in [-0.2, 0) is 16.3 Å². The van der Waals surface area contributed by atoms with Gasteiger partial charge in [0.2, 0.25) is 0 Å². The predicted octanol–water partition coefficient (Wildman–Crippen LogP) is 2.31. The number of hydrogen-bond acceptors (Lipinski definition) is 4. The van der Waals surface area contributed by atoms with Gasteiger partial charge >= 0.3 is 0 Å². The molecule has 0 atom stereocenters. The number of rotatable bonds is 6. The molecule has 1 fully saturated rings. The minimum Gasteiger partial charge on any atom is -0.302 e. The lowest BCUT2D eigenvalue weighted by Gasteiger charge is -2.39. The van der Waals surface area contributed by atoms with Crippen molar-refractivity contribution in [3.63, 3.8) is 0 Å². The van der Waals surface area contributed by atoms with E-state index < -0.39 is 21.5 Å². The van der Waals surface area contributed by atoms with Crippen LogP contribution in [0.5, 0.6) is 0 Å². The molecule has 2 heterocycles. The van der Waals surface area contributed by atoms with Crippen LogP contribution in [0.2, 0.25) is 0 Å². The average Bonchev–Trinajstić information content (AvgIpc) is 2.52. The van der Waals surface area contributed by atoms with E-state index in [1.54, 1.807) is 0 Å². The summed E-state index contributed by atoms with van der Waals surface area (Å²) >= 11 is 0. The molecule has 24 heavy (non-hydrogen) atoms.